The Hall–Kier alpha value is -1.81. The molecule has 156 valence electrons. The summed E-state index contributed by atoms with van der Waals surface area (Å²) in [4.78, 5) is 18.2. The summed E-state index contributed by atoms with van der Waals surface area (Å²) in [5.41, 5.74) is 1.24. The van der Waals surface area contributed by atoms with Crippen LogP contribution in [0.4, 0.5) is 4.39 Å². The Bertz CT molecular complexity index is 975. The van der Waals surface area contributed by atoms with Crippen molar-refractivity contribution in [1.82, 2.24) is 14.1 Å². The maximum absolute atomic E-state index is 13.1. The Morgan fingerprint density at radius 2 is 1.83 bits per heavy atom. The maximum Gasteiger partial charge on any atom is 0.243 e. The van der Waals surface area contributed by atoms with Crippen molar-refractivity contribution in [1.29, 1.82) is 0 Å². The number of rotatable bonds is 4. The number of fused-ring (bicyclic) bond motifs is 1. The molecular weight excluding hydrogens is 413 g/mol. The first-order valence-electron chi connectivity index (χ1n) is 9.74. The Balaban J connectivity index is 1.35. The zero-order valence-corrected chi connectivity index (χ0v) is 17.7. The molecule has 2 aromatic rings. The van der Waals surface area contributed by atoms with E-state index in [9.17, 15) is 17.6 Å². The van der Waals surface area contributed by atoms with Gasteiger partial charge in [-0.05, 0) is 60.7 Å². The van der Waals surface area contributed by atoms with E-state index >= 15 is 0 Å². The van der Waals surface area contributed by atoms with Crippen molar-refractivity contribution in [3.8, 4) is 0 Å². The van der Waals surface area contributed by atoms with E-state index in [2.05, 4.69) is 11.4 Å². The summed E-state index contributed by atoms with van der Waals surface area (Å²) in [6, 6.07) is 7.00. The average molecular weight is 438 g/mol. The summed E-state index contributed by atoms with van der Waals surface area (Å²) in [5, 5.41) is 2.07. The van der Waals surface area contributed by atoms with Crippen LogP contribution < -0.4 is 0 Å². The highest BCUT2D eigenvalue weighted by Crippen LogP contribution is 2.24. The molecule has 1 fully saturated rings. The first-order chi connectivity index (χ1) is 13.9. The van der Waals surface area contributed by atoms with E-state index in [0.29, 0.717) is 45.7 Å². The molecule has 6 nitrogen and oxygen atoms in total. The second-order valence-electron chi connectivity index (χ2n) is 7.42. The van der Waals surface area contributed by atoms with Gasteiger partial charge in [-0.2, -0.15) is 4.31 Å². The molecule has 2 aliphatic rings. The maximum atomic E-state index is 13.1. The van der Waals surface area contributed by atoms with Crippen molar-refractivity contribution in [2.24, 2.45) is 0 Å². The van der Waals surface area contributed by atoms with E-state index < -0.39 is 15.8 Å². The normalized spacial score (nSPS) is 19.0. The standard InChI is InChI=1S/C20H24FN3O3S2/c21-17-2-4-18(5-3-17)29(26,27)24-9-1-8-22(11-12-24)15-20(25)23-10-6-19-16(14-23)7-13-28-19/h2-5,7,13H,1,6,8-12,14-15H2. The van der Waals surface area contributed by atoms with E-state index in [0.717, 1.165) is 25.1 Å². The largest absolute Gasteiger partial charge is 0.337 e. The number of hydrogen-bond acceptors (Lipinski definition) is 5. The molecule has 1 aromatic carbocycles. The Morgan fingerprint density at radius 3 is 2.62 bits per heavy atom. The fraction of sp³-hybridized carbons (Fsp3) is 0.450. The van der Waals surface area contributed by atoms with E-state index in [4.69, 9.17) is 0 Å². The number of thiophene rings is 1. The number of sulfonamides is 1. The van der Waals surface area contributed by atoms with Crippen LogP contribution in [0, 0.1) is 5.82 Å². The lowest BCUT2D eigenvalue weighted by atomic mass is 10.1. The third kappa shape index (κ3) is 4.53. The molecule has 1 amide bonds. The number of benzene rings is 1. The summed E-state index contributed by atoms with van der Waals surface area (Å²) in [6.07, 6.45) is 1.56. The number of amides is 1. The van der Waals surface area contributed by atoms with Crippen LogP contribution in [0.1, 0.15) is 16.9 Å². The molecule has 29 heavy (non-hydrogen) atoms. The zero-order valence-electron chi connectivity index (χ0n) is 16.1. The lowest BCUT2D eigenvalue weighted by Gasteiger charge is -2.29. The van der Waals surface area contributed by atoms with E-state index in [1.165, 1.54) is 26.9 Å². The first-order valence-corrected chi connectivity index (χ1v) is 12.1. The molecule has 0 spiro atoms. The Morgan fingerprint density at radius 1 is 1.03 bits per heavy atom. The van der Waals surface area contributed by atoms with Crippen LogP contribution in [0.15, 0.2) is 40.6 Å². The summed E-state index contributed by atoms with van der Waals surface area (Å²) in [5.74, 6) is -0.367. The van der Waals surface area contributed by atoms with Crippen molar-refractivity contribution in [3.63, 3.8) is 0 Å². The first kappa shape index (κ1) is 20.5. The van der Waals surface area contributed by atoms with Gasteiger partial charge in [0.1, 0.15) is 5.82 Å². The molecular formula is C20H24FN3O3S2. The van der Waals surface area contributed by atoms with Gasteiger partial charge in [-0.25, -0.2) is 12.8 Å². The number of halogens is 1. The van der Waals surface area contributed by atoms with Crippen molar-refractivity contribution in [2.75, 3.05) is 39.3 Å². The number of carbonyl (C=O) groups is 1. The zero-order chi connectivity index (χ0) is 20.4. The summed E-state index contributed by atoms with van der Waals surface area (Å²) < 4.78 is 40.2. The van der Waals surface area contributed by atoms with Gasteiger partial charge >= 0.3 is 0 Å². The number of carbonyl (C=O) groups excluding carboxylic acids is 1. The molecule has 9 heteroatoms. The molecule has 0 N–H and O–H groups in total. The van der Waals surface area contributed by atoms with Crippen LogP contribution in [-0.2, 0) is 27.8 Å². The van der Waals surface area contributed by atoms with Crippen LogP contribution in [0.2, 0.25) is 0 Å². The van der Waals surface area contributed by atoms with Crippen molar-refractivity contribution in [2.45, 2.75) is 24.3 Å². The average Bonchev–Trinajstić information content (AvgIpc) is 3.05. The van der Waals surface area contributed by atoms with Crippen LogP contribution in [-0.4, -0.2) is 67.7 Å². The van der Waals surface area contributed by atoms with Crippen molar-refractivity contribution >= 4 is 27.3 Å². The Labute approximate surface area is 174 Å². The molecule has 1 saturated heterocycles. The summed E-state index contributed by atoms with van der Waals surface area (Å²) in [6.45, 7) is 3.61. The smallest absolute Gasteiger partial charge is 0.243 e. The molecule has 0 atom stereocenters. The lowest BCUT2D eigenvalue weighted by molar-refractivity contribution is -0.133. The predicted octanol–water partition coefficient (Wildman–Crippen LogP) is 2.17. The van der Waals surface area contributed by atoms with Gasteiger partial charge in [0.05, 0.1) is 11.4 Å². The SMILES string of the molecule is O=C(CN1CCCN(S(=O)(=O)c2ccc(F)cc2)CC1)N1CCc2sccc2C1. The van der Waals surface area contributed by atoms with Crippen LogP contribution in [0.3, 0.4) is 0 Å². The highest BCUT2D eigenvalue weighted by Gasteiger charge is 2.29. The molecule has 0 aliphatic carbocycles. The summed E-state index contributed by atoms with van der Waals surface area (Å²) >= 11 is 1.75. The quantitative estimate of drug-likeness (QED) is 0.736. The highest BCUT2D eigenvalue weighted by atomic mass is 32.2. The minimum absolute atomic E-state index is 0.0942. The van der Waals surface area contributed by atoms with Crippen molar-refractivity contribution < 1.29 is 17.6 Å². The van der Waals surface area contributed by atoms with Gasteiger partial charge in [0.15, 0.2) is 0 Å². The number of hydrogen-bond donors (Lipinski definition) is 0. The minimum atomic E-state index is -3.66. The molecule has 2 aliphatic heterocycles. The molecule has 1 aromatic heterocycles. The monoisotopic (exact) mass is 437 g/mol. The lowest BCUT2D eigenvalue weighted by Crippen LogP contribution is -2.43. The van der Waals surface area contributed by atoms with Crippen LogP contribution in [0.5, 0.6) is 0 Å². The van der Waals surface area contributed by atoms with Crippen LogP contribution >= 0.6 is 11.3 Å². The van der Waals surface area contributed by atoms with Crippen molar-refractivity contribution in [3.05, 3.63) is 52.0 Å². The van der Waals surface area contributed by atoms with Gasteiger partial charge in [0.2, 0.25) is 15.9 Å². The van der Waals surface area contributed by atoms with Gasteiger partial charge in [0, 0.05) is 37.6 Å². The summed E-state index contributed by atoms with van der Waals surface area (Å²) in [7, 11) is -3.66. The molecule has 0 unspecified atom stereocenters. The molecule has 0 saturated carbocycles. The van der Waals surface area contributed by atoms with Gasteiger partial charge in [0.25, 0.3) is 0 Å². The molecule has 4 rings (SSSR count). The fourth-order valence-corrected chi connectivity index (χ4v) is 6.21. The molecule has 3 heterocycles. The molecule has 0 bridgehead atoms. The minimum Gasteiger partial charge on any atom is -0.337 e. The van der Waals surface area contributed by atoms with E-state index in [-0.39, 0.29) is 10.8 Å². The topological polar surface area (TPSA) is 60.9 Å². The molecule has 0 radical (unpaired) electrons. The predicted molar refractivity (Wildman–Crippen MR) is 110 cm³/mol. The van der Waals surface area contributed by atoms with Gasteiger partial charge in [-0.15, -0.1) is 11.3 Å². The third-order valence-corrected chi connectivity index (χ3v) is 8.45. The van der Waals surface area contributed by atoms with Gasteiger partial charge in [-0.3, -0.25) is 9.69 Å². The highest BCUT2D eigenvalue weighted by molar-refractivity contribution is 7.89. The second-order valence-corrected chi connectivity index (χ2v) is 10.4. The Kier molecular flexibility index (Phi) is 6.00. The second kappa shape index (κ2) is 8.51. The van der Waals surface area contributed by atoms with Gasteiger partial charge < -0.3 is 4.90 Å². The van der Waals surface area contributed by atoms with Crippen LogP contribution in [0.25, 0.3) is 0 Å². The third-order valence-electron chi connectivity index (χ3n) is 5.52. The van der Waals surface area contributed by atoms with E-state index in [1.807, 2.05) is 9.80 Å². The van der Waals surface area contributed by atoms with E-state index in [1.54, 1.807) is 11.3 Å². The van der Waals surface area contributed by atoms with Gasteiger partial charge in [-0.1, -0.05) is 0 Å². The number of nitrogens with zero attached hydrogens (tertiary/aromatic N) is 3. The fourth-order valence-electron chi connectivity index (χ4n) is 3.85.